The quantitative estimate of drug-likeness (QED) is 0.113. The number of amides is 4. The van der Waals surface area contributed by atoms with Crippen molar-refractivity contribution in [2.75, 3.05) is 56.4 Å². The number of aromatic carboxylic acids is 1. The van der Waals surface area contributed by atoms with Crippen molar-refractivity contribution in [2.45, 2.75) is 44.3 Å². The Morgan fingerprint density at radius 2 is 1.15 bits per heavy atom. The second kappa shape index (κ2) is 19.7. The van der Waals surface area contributed by atoms with Crippen LogP contribution in [0.1, 0.15) is 51.4 Å². The van der Waals surface area contributed by atoms with Crippen molar-refractivity contribution >= 4 is 58.5 Å². The molecule has 0 spiro atoms. The van der Waals surface area contributed by atoms with Gasteiger partial charge in [-0.3, -0.25) is 25.2 Å². The van der Waals surface area contributed by atoms with Gasteiger partial charge in [0.05, 0.1) is 23.5 Å². The Hall–Kier alpha value is -7.86. The van der Waals surface area contributed by atoms with E-state index in [0.717, 1.165) is 61.5 Å². The highest BCUT2D eigenvalue weighted by molar-refractivity contribution is 6.06. The van der Waals surface area contributed by atoms with Crippen LogP contribution in [-0.4, -0.2) is 87.1 Å². The molecule has 8 heterocycles. The summed E-state index contributed by atoms with van der Waals surface area (Å²) in [4.78, 5) is 74.6. The molecule has 4 amide bonds. The summed E-state index contributed by atoms with van der Waals surface area (Å²) in [5, 5.41) is 14.8. The predicted octanol–water partition coefficient (Wildman–Crippen LogP) is 7.15. The van der Waals surface area contributed by atoms with E-state index in [4.69, 9.17) is 5.73 Å². The molecule has 10 rings (SSSR count). The lowest BCUT2D eigenvalue weighted by Crippen LogP contribution is -2.48. The maximum Gasteiger partial charge on any atom is 0.354 e. The van der Waals surface area contributed by atoms with Crippen molar-refractivity contribution in [1.29, 1.82) is 0 Å². The SMILES string of the molecule is NCc1cccc(F)c1.O=C(CCc1cccc(F)c1)c1ccc2c(n1)N(C(=O)Nc1ccccn1)[C@H]1CCN2C1.O=C(O)c1ccc2c(n1)N(C(=O)Nc1ccccn1)[C@H]1CCN2C1. The van der Waals surface area contributed by atoms with E-state index in [1.807, 2.05) is 6.07 Å². The van der Waals surface area contributed by atoms with Crippen molar-refractivity contribution in [3.05, 3.63) is 156 Å². The smallest absolute Gasteiger partial charge is 0.354 e. The number of nitrogens with two attached hydrogens (primary N) is 1. The fourth-order valence-electron chi connectivity index (χ4n) is 8.17. The molecule has 4 bridgehead atoms. The summed E-state index contributed by atoms with van der Waals surface area (Å²) in [6.07, 6.45) is 5.49. The van der Waals surface area contributed by atoms with Gasteiger partial charge in [0.1, 0.15) is 29.0 Å². The summed E-state index contributed by atoms with van der Waals surface area (Å²) in [6, 6.07) is 29.1. The monoisotopic (exact) mass is 881 g/mol. The molecule has 2 atom stereocenters. The molecule has 0 aliphatic carbocycles. The zero-order valence-corrected chi connectivity index (χ0v) is 35.1. The molecule has 18 heteroatoms. The van der Waals surface area contributed by atoms with E-state index in [1.54, 1.807) is 95.0 Å². The number of hydrogen-bond acceptors (Lipinski definition) is 11. The van der Waals surface area contributed by atoms with Gasteiger partial charge in [-0.15, -0.1) is 0 Å². The third-order valence-electron chi connectivity index (χ3n) is 11.3. The van der Waals surface area contributed by atoms with Gasteiger partial charge in [-0.2, -0.15) is 0 Å². The van der Waals surface area contributed by atoms with Gasteiger partial charge >= 0.3 is 18.0 Å². The predicted molar refractivity (Wildman–Crippen MR) is 241 cm³/mol. The minimum absolute atomic E-state index is 0.0173. The first kappa shape index (κ1) is 43.8. The van der Waals surface area contributed by atoms with E-state index in [2.05, 4.69) is 40.4 Å². The first-order valence-corrected chi connectivity index (χ1v) is 21.0. The Balaban J connectivity index is 0.000000153. The average Bonchev–Trinajstić information content (AvgIpc) is 3.94. The molecule has 16 nitrogen and oxygen atoms in total. The minimum Gasteiger partial charge on any atom is -0.477 e. The summed E-state index contributed by atoms with van der Waals surface area (Å²) >= 11 is 0. The number of Topliss-reactive ketones (excluding diaryl/α,β-unsaturated/α-hetero) is 1. The van der Waals surface area contributed by atoms with E-state index >= 15 is 0 Å². The van der Waals surface area contributed by atoms with Crippen molar-refractivity contribution in [3.63, 3.8) is 0 Å². The average molecular weight is 882 g/mol. The minimum atomic E-state index is -1.11. The van der Waals surface area contributed by atoms with Gasteiger partial charge in [-0.25, -0.2) is 43.1 Å². The summed E-state index contributed by atoms with van der Waals surface area (Å²) < 4.78 is 25.7. The molecule has 4 aliphatic rings. The summed E-state index contributed by atoms with van der Waals surface area (Å²) in [7, 11) is 0. The van der Waals surface area contributed by atoms with Gasteiger partial charge in [0.2, 0.25) is 0 Å². The molecule has 2 fully saturated rings. The second-order valence-corrected chi connectivity index (χ2v) is 15.6. The van der Waals surface area contributed by atoms with Crippen LogP contribution in [0.2, 0.25) is 0 Å². The van der Waals surface area contributed by atoms with Crippen molar-refractivity contribution < 1.29 is 33.1 Å². The van der Waals surface area contributed by atoms with Crippen LogP contribution in [0, 0.1) is 11.6 Å². The van der Waals surface area contributed by atoms with E-state index < -0.39 is 5.97 Å². The van der Waals surface area contributed by atoms with E-state index in [-0.39, 0.29) is 53.7 Å². The Labute approximate surface area is 372 Å². The van der Waals surface area contributed by atoms with Gasteiger partial charge in [0, 0.05) is 51.5 Å². The molecule has 0 radical (unpaired) electrons. The number of nitrogens with one attached hydrogen (secondary N) is 2. The number of aromatic nitrogens is 4. The highest BCUT2D eigenvalue weighted by Gasteiger charge is 2.42. The number of halogens is 2. The second-order valence-electron chi connectivity index (χ2n) is 15.6. The lowest BCUT2D eigenvalue weighted by Gasteiger charge is -2.35. The number of urea groups is 2. The number of pyridine rings is 4. The van der Waals surface area contributed by atoms with Crippen LogP contribution in [0.25, 0.3) is 0 Å². The summed E-state index contributed by atoms with van der Waals surface area (Å²) in [6.45, 7) is 3.50. The van der Waals surface area contributed by atoms with E-state index in [1.165, 1.54) is 30.3 Å². The molecule has 6 aromatic rings. The Morgan fingerprint density at radius 1 is 0.646 bits per heavy atom. The topological polar surface area (TPSA) is 203 Å². The number of ketones is 1. The normalized spacial score (nSPS) is 16.2. The number of fused-ring (bicyclic) bond motifs is 8. The molecule has 0 saturated carbocycles. The number of anilines is 6. The van der Waals surface area contributed by atoms with Gasteiger partial charge in [0.25, 0.3) is 0 Å². The molecule has 4 aromatic heterocycles. The molecular weight excluding hydrogens is 837 g/mol. The number of carbonyl (C=O) groups excluding carboxylic acids is 3. The lowest BCUT2D eigenvalue weighted by atomic mass is 10.1. The highest BCUT2D eigenvalue weighted by Crippen LogP contribution is 2.40. The van der Waals surface area contributed by atoms with Crippen LogP contribution in [0.5, 0.6) is 0 Å². The molecule has 0 unspecified atom stereocenters. The fourth-order valence-corrected chi connectivity index (χ4v) is 8.17. The van der Waals surface area contributed by atoms with Crippen molar-refractivity contribution in [1.82, 2.24) is 19.9 Å². The largest absolute Gasteiger partial charge is 0.477 e. The van der Waals surface area contributed by atoms with Gasteiger partial charge in [-0.1, -0.05) is 36.4 Å². The van der Waals surface area contributed by atoms with Gasteiger partial charge < -0.3 is 20.6 Å². The maximum atomic E-state index is 13.4. The van der Waals surface area contributed by atoms with Crippen molar-refractivity contribution in [2.24, 2.45) is 5.73 Å². The number of carboxylic acids is 1. The third-order valence-corrected chi connectivity index (χ3v) is 11.3. The maximum absolute atomic E-state index is 13.4. The molecule has 5 N–H and O–H groups in total. The summed E-state index contributed by atoms with van der Waals surface area (Å²) in [5.41, 5.74) is 8.70. The Morgan fingerprint density at radius 3 is 1.63 bits per heavy atom. The molecule has 2 aromatic carbocycles. The first-order chi connectivity index (χ1) is 31.5. The number of benzene rings is 2. The molecule has 332 valence electrons. The number of carboxylic acid groups (broad SMARTS) is 1. The van der Waals surface area contributed by atoms with Gasteiger partial charge in [0.15, 0.2) is 23.1 Å². The first-order valence-electron chi connectivity index (χ1n) is 21.0. The van der Waals surface area contributed by atoms with Crippen LogP contribution in [0.3, 0.4) is 0 Å². The van der Waals surface area contributed by atoms with Crippen LogP contribution >= 0.6 is 0 Å². The molecular formula is C47H45F2N11O5. The number of aryl methyl sites for hydroxylation is 1. The Kier molecular flexibility index (Phi) is 13.3. The van der Waals surface area contributed by atoms with E-state index in [9.17, 15) is 33.1 Å². The Bertz CT molecular complexity index is 2700. The summed E-state index contributed by atoms with van der Waals surface area (Å²) in [5.74, 6) is -0.0219. The lowest BCUT2D eigenvalue weighted by molar-refractivity contribution is 0.0690. The third kappa shape index (κ3) is 10.2. The molecule has 4 aliphatic heterocycles. The number of nitrogens with zero attached hydrogens (tertiary/aromatic N) is 8. The zero-order valence-electron chi connectivity index (χ0n) is 35.1. The van der Waals surface area contributed by atoms with Crippen LogP contribution in [-0.2, 0) is 13.0 Å². The molecule has 2 saturated heterocycles. The van der Waals surface area contributed by atoms with Gasteiger partial charge in [-0.05, 0) is 103 Å². The van der Waals surface area contributed by atoms with Crippen LogP contribution < -0.4 is 36.0 Å². The standard InChI is InChI=1S/C24H22FN5O2.C16H15N5O3.C7H8FN/c25-17-5-3-4-16(14-17)7-10-21(31)19-8-9-20-23(27-19)30(18-11-13-29(20)15-18)24(32)28-22-6-1-2-12-26-22;22-15(23)11-4-5-12-14(18-11)21(10-6-8-20(12)9-10)16(24)19-13-3-1-2-7-17-13;8-7-3-1-2-6(4-7)5-9/h1-6,8-9,12,14,18H,7,10-11,13,15H2,(H,26,28,32);1-5,7,10H,6,8-9H2,(H,22,23)(H,17,19,24);1-4H,5,9H2/t18-;10-;/m00./s1. The van der Waals surface area contributed by atoms with Crippen LogP contribution in [0.15, 0.2) is 122 Å². The number of rotatable bonds is 8. The van der Waals surface area contributed by atoms with Crippen molar-refractivity contribution in [3.8, 4) is 0 Å². The highest BCUT2D eigenvalue weighted by atomic mass is 19.1. The molecule has 65 heavy (non-hydrogen) atoms. The number of carbonyl (C=O) groups is 4. The fraction of sp³-hybridized carbons (Fsp3) is 0.234. The number of hydrogen-bond donors (Lipinski definition) is 4. The van der Waals surface area contributed by atoms with E-state index in [0.29, 0.717) is 41.9 Å². The van der Waals surface area contributed by atoms with Crippen LogP contribution in [0.4, 0.5) is 53.0 Å². The zero-order chi connectivity index (χ0) is 45.5.